The van der Waals surface area contributed by atoms with Gasteiger partial charge in [0.05, 0.1) is 19.8 Å². The number of aliphatic imine (C=N–C) groups is 1. The molecule has 1 aromatic rings. The van der Waals surface area contributed by atoms with Crippen molar-refractivity contribution >= 4 is 29.9 Å². The van der Waals surface area contributed by atoms with Crippen molar-refractivity contribution in [3.63, 3.8) is 0 Å². The molecule has 1 fully saturated rings. The Balaban J connectivity index is 0.00000261. The maximum Gasteiger partial charge on any atom is 0.191 e. The van der Waals surface area contributed by atoms with E-state index >= 15 is 0 Å². The van der Waals surface area contributed by atoms with Gasteiger partial charge in [-0.2, -0.15) is 0 Å². The molecule has 1 aromatic carbocycles. The fraction of sp³-hybridized carbons (Fsp3) is 0.632. The maximum absolute atomic E-state index is 9.33. The number of halogens is 1. The zero-order valence-corrected chi connectivity index (χ0v) is 18.2. The molecule has 0 saturated carbocycles. The van der Waals surface area contributed by atoms with E-state index in [2.05, 4.69) is 15.6 Å². The van der Waals surface area contributed by atoms with Gasteiger partial charge in [0, 0.05) is 45.2 Å². The molecule has 1 atom stereocenters. The number of nitrogens with one attached hydrogen (secondary N) is 2. The van der Waals surface area contributed by atoms with Crippen LogP contribution in [0.15, 0.2) is 23.2 Å². The summed E-state index contributed by atoms with van der Waals surface area (Å²) in [5.41, 5.74) is 1.09. The van der Waals surface area contributed by atoms with Gasteiger partial charge in [-0.3, -0.25) is 4.99 Å². The van der Waals surface area contributed by atoms with E-state index in [1.807, 2.05) is 18.2 Å². The molecule has 0 amide bonds. The van der Waals surface area contributed by atoms with Crippen LogP contribution in [-0.4, -0.2) is 57.7 Å². The number of guanidine groups is 1. The largest absolute Gasteiger partial charge is 0.490 e. The Morgan fingerprint density at radius 1 is 1.19 bits per heavy atom. The van der Waals surface area contributed by atoms with Crippen molar-refractivity contribution in [1.82, 2.24) is 10.6 Å². The lowest BCUT2D eigenvalue weighted by Gasteiger charge is -2.27. The molecule has 7 nitrogen and oxygen atoms in total. The van der Waals surface area contributed by atoms with Gasteiger partial charge in [0.25, 0.3) is 0 Å². The zero-order chi connectivity index (χ0) is 18.2. The number of nitrogens with zero attached hydrogens (tertiary/aromatic N) is 1. The Kier molecular flexibility index (Phi) is 8.91. The average Bonchev–Trinajstić information content (AvgIpc) is 2.99. The molecule has 3 N–H and O–H groups in total. The molecule has 0 bridgehead atoms. The average molecular weight is 491 g/mol. The molecule has 1 unspecified atom stereocenters. The van der Waals surface area contributed by atoms with Crippen molar-refractivity contribution in [3.05, 3.63) is 23.8 Å². The van der Waals surface area contributed by atoms with E-state index in [1.54, 1.807) is 7.05 Å². The monoisotopic (exact) mass is 491 g/mol. The number of aliphatic hydroxyl groups is 1. The van der Waals surface area contributed by atoms with Crippen LogP contribution in [0, 0.1) is 5.41 Å². The molecule has 2 aliphatic heterocycles. The second-order valence-electron chi connectivity index (χ2n) is 6.89. The van der Waals surface area contributed by atoms with Gasteiger partial charge in [-0.05, 0) is 30.5 Å². The van der Waals surface area contributed by atoms with Crippen LogP contribution in [0.25, 0.3) is 0 Å². The van der Waals surface area contributed by atoms with Crippen molar-refractivity contribution in [2.45, 2.75) is 25.8 Å². The molecule has 0 spiro atoms. The molecule has 27 heavy (non-hydrogen) atoms. The molecule has 152 valence electrons. The highest BCUT2D eigenvalue weighted by Gasteiger charge is 2.34. The SMILES string of the molecule is CN=C(NCc1ccc2c(c1)OCCCO2)NCC1(CCO)CCOC1.I. The number of hydrogen-bond acceptors (Lipinski definition) is 5. The quantitative estimate of drug-likeness (QED) is 0.321. The fourth-order valence-electron chi connectivity index (χ4n) is 3.31. The Morgan fingerprint density at radius 3 is 2.70 bits per heavy atom. The summed E-state index contributed by atoms with van der Waals surface area (Å²) < 4.78 is 16.9. The number of ether oxygens (including phenoxy) is 3. The first-order valence-corrected chi connectivity index (χ1v) is 9.26. The van der Waals surface area contributed by atoms with E-state index in [0.29, 0.717) is 26.4 Å². The highest BCUT2D eigenvalue weighted by atomic mass is 127. The van der Waals surface area contributed by atoms with E-state index in [9.17, 15) is 5.11 Å². The van der Waals surface area contributed by atoms with Gasteiger partial charge in [-0.15, -0.1) is 24.0 Å². The fourth-order valence-corrected chi connectivity index (χ4v) is 3.31. The zero-order valence-electron chi connectivity index (χ0n) is 15.8. The molecule has 0 aromatic heterocycles. The molecular weight excluding hydrogens is 461 g/mol. The molecule has 8 heteroatoms. The third kappa shape index (κ3) is 6.11. The van der Waals surface area contributed by atoms with Crippen LogP contribution in [0.4, 0.5) is 0 Å². The van der Waals surface area contributed by atoms with E-state index in [4.69, 9.17) is 14.2 Å². The maximum atomic E-state index is 9.33. The van der Waals surface area contributed by atoms with Gasteiger partial charge in [0.1, 0.15) is 0 Å². The summed E-state index contributed by atoms with van der Waals surface area (Å²) in [4.78, 5) is 4.29. The third-order valence-corrected chi connectivity index (χ3v) is 4.95. The summed E-state index contributed by atoms with van der Waals surface area (Å²) in [6, 6.07) is 6.00. The summed E-state index contributed by atoms with van der Waals surface area (Å²) in [5.74, 6) is 2.34. The molecule has 2 heterocycles. The standard InChI is InChI=1S/C19H29N3O4.HI/c1-20-18(22-13-19(5-7-23)6-10-24-14-19)21-12-15-3-4-16-17(11-15)26-9-2-8-25-16;/h3-4,11,23H,2,5-10,12-14H2,1H3,(H2,20,21,22);1H. The first-order valence-electron chi connectivity index (χ1n) is 9.26. The van der Waals surface area contributed by atoms with Crippen molar-refractivity contribution in [1.29, 1.82) is 0 Å². The van der Waals surface area contributed by atoms with E-state index in [0.717, 1.165) is 55.4 Å². The van der Waals surface area contributed by atoms with Crippen LogP contribution >= 0.6 is 24.0 Å². The smallest absolute Gasteiger partial charge is 0.191 e. The lowest BCUT2D eigenvalue weighted by atomic mass is 9.84. The van der Waals surface area contributed by atoms with Crippen molar-refractivity contribution in [2.24, 2.45) is 10.4 Å². The lowest BCUT2D eigenvalue weighted by Crippen LogP contribution is -2.44. The van der Waals surface area contributed by atoms with Gasteiger partial charge in [0.15, 0.2) is 17.5 Å². The highest BCUT2D eigenvalue weighted by Crippen LogP contribution is 2.31. The third-order valence-electron chi connectivity index (χ3n) is 4.95. The Bertz CT molecular complexity index is 621. The molecular formula is C19H30IN3O4. The summed E-state index contributed by atoms with van der Waals surface area (Å²) in [7, 11) is 1.76. The van der Waals surface area contributed by atoms with Crippen molar-refractivity contribution < 1.29 is 19.3 Å². The first kappa shape index (κ1) is 22.0. The number of benzene rings is 1. The number of rotatable bonds is 6. The Morgan fingerprint density at radius 2 is 2.00 bits per heavy atom. The van der Waals surface area contributed by atoms with Crippen molar-refractivity contribution in [2.75, 3.05) is 46.6 Å². The summed E-state index contributed by atoms with van der Waals surface area (Å²) in [5, 5.41) is 16.0. The minimum atomic E-state index is -0.0123. The molecule has 1 saturated heterocycles. The Hall–Kier alpha value is -1.26. The van der Waals surface area contributed by atoms with Gasteiger partial charge < -0.3 is 30.0 Å². The predicted molar refractivity (Wildman–Crippen MR) is 115 cm³/mol. The van der Waals surface area contributed by atoms with Crippen LogP contribution in [0.5, 0.6) is 11.5 Å². The van der Waals surface area contributed by atoms with Crippen LogP contribution in [0.1, 0.15) is 24.8 Å². The second kappa shape index (κ2) is 10.9. The van der Waals surface area contributed by atoms with Gasteiger partial charge in [-0.25, -0.2) is 0 Å². The molecule has 2 aliphatic rings. The number of aliphatic hydroxyl groups excluding tert-OH is 1. The summed E-state index contributed by atoms with van der Waals surface area (Å²) in [6.45, 7) is 4.36. The molecule has 0 radical (unpaired) electrons. The first-order chi connectivity index (χ1) is 12.7. The van der Waals surface area contributed by atoms with Gasteiger partial charge in [0.2, 0.25) is 0 Å². The summed E-state index contributed by atoms with van der Waals surface area (Å²) in [6.07, 6.45) is 2.59. The van der Waals surface area contributed by atoms with Gasteiger partial charge >= 0.3 is 0 Å². The predicted octanol–water partition coefficient (Wildman–Crippen LogP) is 1.92. The highest BCUT2D eigenvalue weighted by molar-refractivity contribution is 14.0. The van der Waals surface area contributed by atoms with Crippen LogP contribution < -0.4 is 20.1 Å². The lowest BCUT2D eigenvalue weighted by molar-refractivity contribution is 0.127. The van der Waals surface area contributed by atoms with Crippen LogP contribution in [0.2, 0.25) is 0 Å². The summed E-state index contributed by atoms with van der Waals surface area (Å²) >= 11 is 0. The van der Waals surface area contributed by atoms with Crippen LogP contribution in [0.3, 0.4) is 0 Å². The second-order valence-corrected chi connectivity index (χ2v) is 6.89. The van der Waals surface area contributed by atoms with Gasteiger partial charge in [-0.1, -0.05) is 6.07 Å². The van der Waals surface area contributed by atoms with E-state index in [1.165, 1.54) is 0 Å². The minimum Gasteiger partial charge on any atom is -0.490 e. The normalized spacial score (nSPS) is 21.9. The van der Waals surface area contributed by atoms with Crippen LogP contribution in [-0.2, 0) is 11.3 Å². The van der Waals surface area contributed by atoms with Crippen molar-refractivity contribution in [3.8, 4) is 11.5 Å². The van der Waals surface area contributed by atoms with E-state index < -0.39 is 0 Å². The van der Waals surface area contributed by atoms with E-state index in [-0.39, 0.29) is 36.0 Å². The number of hydrogen-bond donors (Lipinski definition) is 3. The Labute approximate surface area is 177 Å². The molecule has 0 aliphatic carbocycles. The number of fused-ring (bicyclic) bond motifs is 1. The molecule has 3 rings (SSSR count). The topological polar surface area (TPSA) is 84.3 Å². The minimum absolute atomic E-state index is 0.